The number of nitrogens with zero attached hydrogens (tertiary/aromatic N) is 1. The van der Waals surface area contributed by atoms with Crippen molar-refractivity contribution >= 4 is 17.6 Å². The van der Waals surface area contributed by atoms with Crippen LogP contribution in [-0.4, -0.2) is 16.7 Å². The molecule has 3 aromatic carbocycles. The summed E-state index contributed by atoms with van der Waals surface area (Å²) in [6.45, 7) is 1.69. The number of aryl methyl sites for hydroxylation is 1. The van der Waals surface area contributed by atoms with Gasteiger partial charge in [0.25, 0.3) is 0 Å². The van der Waals surface area contributed by atoms with Gasteiger partial charge < -0.3 is 9.84 Å². The average molecular weight is 420 g/mol. The topological polar surface area (TPSA) is 70.3 Å². The van der Waals surface area contributed by atoms with Crippen LogP contribution < -0.4 is 4.74 Å². The number of para-hydroxylation sites is 1. The van der Waals surface area contributed by atoms with Crippen molar-refractivity contribution < 1.29 is 14.6 Å². The number of nitriles is 1. The first-order valence-electron chi connectivity index (χ1n) is 9.60. The molecule has 0 aliphatic carbocycles. The Kier molecular flexibility index (Phi) is 6.44. The number of hydrogen-bond donors (Lipinski definition) is 1. The molecule has 0 radical (unpaired) electrons. The number of hydrogen-bond acceptors (Lipinski definition) is 3. The van der Waals surface area contributed by atoms with E-state index in [1.807, 2.05) is 48.5 Å². The lowest BCUT2D eigenvalue weighted by Gasteiger charge is -2.41. The predicted octanol–water partition coefficient (Wildman–Crippen LogP) is 5.66. The van der Waals surface area contributed by atoms with Crippen LogP contribution in [0.1, 0.15) is 24.5 Å². The normalized spacial score (nSPS) is 14.7. The molecule has 0 aliphatic rings. The Morgan fingerprint density at radius 1 is 1.00 bits per heavy atom. The van der Waals surface area contributed by atoms with Crippen molar-refractivity contribution in [1.29, 1.82) is 5.26 Å². The van der Waals surface area contributed by atoms with Gasteiger partial charge in [-0.05, 0) is 55.2 Å². The van der Waals surface area contributed by atoms with Crippen LogP contribution >= 0.6 is 11.6 Å². The summed E-state index contributed by atoms with van der Waals surface area (Å²) in [5.74, 6) is -0.762. The van der Waals surface area contributed by atoms with Crippen molar-refractivity contribution in [3.8, 4) is 11.8 Å². The number of halogens is 1. The van der Waals surface area contributed by atoms with Gasteiger partial charge in [-0.1, -0.05) is 72.3 Å². The zero-order chi connectivity index (χ0) is 21.6. The van der Waals surface area contributed by atoms with Gasteiger partial charge in [-0.25, -0.2) is 4.79 Å². The molecular formula is C25H22ClNO3. The zero-order valence-electron chi connectivity index (χ0n) is 16.6. The van der Waals surface area contributed by atoms with Gasteiger partial charge in [0.05, 0.1) is 6.07 Å². The van der Waals surface area contributed by atoms with E-state index in [4.69, 9.17) is 16.3 Å². The molecule has 0 spiro atoms. The highest BCUT2D eigenvalue weighted by atomic mass is 35.5. The van der Waals surface area contributed by atoms with Gasteiger partial charge in [0.2, 0.25) is 5.41 Å². The molecule has 2 atom stereocenters. The van der Waals surface area contributed by atoms with E-state index in [1.54, 1.807) is 43.3 Å². The first kappa shape index (κ1) is 21.4. The second-order valence-electron chi connectivity index (χ2n) is 7.31. The molecule has 0 fully saturated rings. The second kappa shape index (κ2) is 9.02. The largest absolute Gasteiger partial charge is 0.485 e. The van der Waals surface area contributed by atoms with Crippen molar-refractivity contribution in [3.63, 3.8) is 0 Å². The van der Waals surface area contributed by atoms with Crippen molar-refractivity contribution in [2.24, 2.45) is 0 Å². The van der Waals surface area contributed by atoms with E-state index >= 15 is 0 Å². The molecule has 0 amide bonds. The lowest BCUT2D eigenvalue weighted by Crippen LogP contribution is -2.58. The van der Waals surface area contributed by atoms with Crippen LogP contribution in [0.5, 0.6) is 5.75 Å². The van der Waals surface area contributed by atoms with Gasteiger partial charge in [0, 0.05) is 5.02 Å². The van der Waals surface area contributed by atoms with Crippen LogP contribution in [0.4, 0.5) is 0 Å². The van der Waals surface area contributed by atoms with Crippen LogP contribution in [0.2, 0.25) is 5.02 Å². The number of carboxylic acids is 1. The van der Waals surface area contributed by atoms with Crippen LogP contribution in [0.15, 0.2) is 84.9 Å². The van der Waals surface area contributed by atoms with E-state index in [-0.39, 0.29) is 0 Å². The summed E-state index contributed by atoms with van der Waals surface area (Å²) >= 11 is 6.01. The fourth-order valence-corrected chi connectivity index (χ4v) is 3.80. The highest BCUT2D eigenvalue weighted by Gasteiger charge is 2.58. The summed E-state index contributed by atoms with van der Waals surface area (Å²) in [6.07, 6.45) is 0.864. The number of benzene rings is 3. The maximum absolute atomic E-state index is 12.7. The standard InChI is InChI=1S/C25H22ClNO3/c1-24(30-22-10-6-3-7-11-22,17-16-19-8-4-2-5-9-19)25(18-27,23(28)29)20-12-14-21(26)15-13-20/h2-15H,16-17H2,1H3,(H,28,29). The van der Waals surface area contributed by atoms with E-state index in [0.29, 0.717) is 29.2 Å². The Labute approximate surface area is 181 Å². The minimum absolute atomic E-state index is 0.314. The highest BCUT2D eigenvalue weighted by Crippen LogP contribution is 2.42. The van der Waals surface area contributed by atoms with Crippen LogP contribution in [0.25, 0.3) is 0 Å². The SMILES string of the molecule is CC(CCc1ccccc1)(Oc1ccccc1)C(C#N)(C(=O)O)c1ccc(Cl)cc1. The molecule has 30 heavy (non-hydrogen) atoms. The van der Waals surface area contributed by atoms with Crippen molar-refractivity contribution in [1.82, 2.24) is 0 Å². The van der Waals surface area contributed by atoms with Gasteiger partial charge in [-0.15, -0.1) is 0 Å². The van der Waals surface area contributed by atoms with Gasteiger partial charge in [0.15, 0.2) is 0 Å². The van der Waals surface area contributed by atoms with Gasteiger partial charge in [0.1, 0.15) is 11.4 Å². The molecule has 3 rings (SSSR count). The van der Waals surface area contributed by atoms with Crippen molar-refractivity contribution in [2.75, 3.05) is 0 Å². The average Bonchev–Trinajstić information content (AvgIpc) is 2.75. The molecule has 0 heterocycles. The molecule has 3 aromatic rings. The van der Waals surface area contributed by atoms with Gasteiger partial charge >= 0.3 is 5.97 Å². The lowest BCUT2D eigenvalue weighted by atomic mass is 9.66. The van der Waals surface area contributed by atoms with E-state index < -0.39 is 17.0 Å². The Balaban J connectivity index is 2.12. The fourth-order valence-electron chi connectivity index (χ4n) is 3.68. The molecule has 4 nitrogen and oxygen atoms in total. The molecule has 1 N–H and O–H groups in total. The number of carbonyl (C=O) groups is 1. The Bertz CT molecular complexity index is 1030. The lowest BCUT2D eigenvalue weighted by molar-refractivity contribution is -0.149. The van der Waals surface area contributed by atoms with E-state index in [9.17, 15) is 15.2 Å². The van der Waals surface area contributed by atoms with Crippen molar-refractivity contribution in [2.45, 2.75) is 30.8 Å². The molecule has 152 valence electrons. The third-order valence-electron chi connectivity index (χ3n) is 5.38. The third kappa shape index (κ3) is 4.17. The molecular weight excluding hydrogens is 398 g/mol. The Morgan fingerprint density at radius 2 is 1.57 bits per heavy atom. The molecule has 0 bridgehead atoms. The third-order valence-corrected chi connectivity index (χ3v) is 5.63. The number of aliphatic carboxylic acids is 1. The molecule has 0 saturated carbocycles. The summed E-state index contributed by atoms with van der Waals surface area (Å²) in [4.78, 5) is 12.7. The minimum Gasteiger partial charge on any atom is -0.485 e. The number of carboxylic acid groups (broad SMARTS) is 1. The van der Waals surface area contributed by atoms with E-state index in [1.165, 1.54) is 0 Å². The van der Waals surface area contributed by atoms with E-state index in [2.05, 4.69) is 6.07 Å². The Morgan fingerprint density at radius 3 is 2.10 bits per heavy atom. The maximum atomic E-state index is 12.7. The molecule has 2 unspecified atom stereocenters. The number of rotatable bonds is 8. The molecule has 0 aromatic heterocycles. The predicted molar refractivity (Wildman–Crippen MR) is 117 cm³/mol. The first-order chi connectivity index (χ1) is 14.4. The summed E-state index contributed by atoms with van der Waals surface area (Å²) in [7, 11) is 0. The highest BCUT2D eigenvalue weighted by molar-refractivity contribution is 6.30. The quantitative estimate of drug-likeness (QED) is 0.511. The summed E-state index contributed by atoms with van der Waals surface area (Å²) < 4.78 is 6.29. The van der Waals surface area contributed by atoms with E-state index in [0.717, 1.165) is 5.56 Å². The zero-order valence-corrected chi connectivity index (χ0v) is 17.3. The van der Waals surface area contributed by atoms with Gasteiger partial charge in [-0.2, -0.15) is 5.26 Å². The molecule has 5 heteroatoms. The first-order valence-corrected chi connectivity index (χ1v) is 9.98. The van der Waals surface area contributed by atoms with Crippen LogP contribution in [0.3, 0.4) is 0 Å². The smallest absolute Gasteiger partial charge is 0.332 e. The summed E-state index contributed by atoms with van der Waals surface area (Å²) in [6, 6.07) is 27.1. The van der Waals surface area contributed by atoms with Gasteiger partial charge in [-0.3, -0.25) is 0 Å². The summed E-state index contributed by atoms with van der Waals surface area (Å²) in [5, 5.41) is 21.0. The molecule has 0 saturated heterocycles. The Hall–Kier alpha value is -3.29. The number of ether oxygens (including phenoxy) is 1. The molecule has 0 aliphatic heterocycles. The van der Waals surface area contributed by atoms with Crippen LogP contribution in [-0.2, 0) is 16.6 Å². The van der Waals surface area contributed by atoms with Crippen molar-refractivity contribution in [3.05, 3.63) is 101 Å². The fraction of sp³-hybridized carbons (Fsp3) is 0.200. The maximum Gasteiger partial charge on any atom is 0.332 e. The second-order valence-corrected chi connectivity index (χ2v) is 7.74. The monoisotopic (exact) mass is 419 g/mol. The minimum atomic E-state index is -1.94. The van der Waals surface area contributed by atoms with Crippen LogP contribution in [0, 0.1) is 11.3 Å². The summed E-state index contributed by atoms with van der Waals surface area (Å²) in [5.41, 5.74) is -1.94.